The first kappa shape index (κ1) is 13.2. The van der Waals surface area contributed by atoms with Gasteiger partial charge in [-0.05, 0) is 37.1 Å². The van der Waals surface area contributed by atoms with E-state index in [2.05, 4.69) is 15.3 Å². The second kappa shape index (κ2) is 5.06. The monoisotopic (exact) mass is 310 g/mol. The molecular formula is C16H14N4OS. The maximum absolute atomic E-state index is 12.2. The van der Waals surface area contributed by atoms with E-state index in [0.29, 0.717) is 16.6 Å². The molecule has 0 unspecified atom stereocenters. The van der Waals surface area contributed by atoms with E-state index in [4.69, 9.17) is 5.73 Å². The average molecular weight is 310 g/mol. The topological polar surface area (TPSA) is 80.9 Å². The van der Waals surface area contributed by atoms with Crippen molar-refractivity contribution in [2.75, 3.05) is 5.73 Å². The maximum atomic E-state index is 12.2. The molecule has 5 nitrogen and oxygen atoms in total. The second-order valence-corrected chi connectivity index (χ2v) is 6.38. The van der Waals surface area contributed by atoms with Gasteiger partial charge < -0.3 is 11.1 Å². The zero-order chi connectivity index (χ0) is 15.1. The standard InChI is InChI=1S/C16H14N4OS/c17-13-11-5-6-12(9-2-1-7-18-8-9)20-16(11)22-14(13)15(21)19-10-3-4-10/h1-2,5-8,10H,3-4,17H2,(H,19,21). The van der Waals surface area contributed by atoms with Crippen molar-refractivity contribution in [3.8, 4) is 11.3 Å². The fourth-order valence-corrected chi connectivity index (χ4v) is 3.32. The minimum Gasteiger partial charge on any atom is -0.397 e. The molecule has 22 heavy (non-hydrogen) atoms. The average Bonchev–Trinajstić information content (AvgIpc) is 3.30. The predicted molar refractivity (Wildman–Crippen MR) is 87.8 cm³/mol. The Labute approximate surface area is 131 Å². The molecule has 0 aliphatic heterocycles. The van der Waals surface area contributed by atoms with E-state index in [-0.39, 0.29) is 5.91 Å². The third-order valence-corrected chi connectivity index (χ3v) is 4.78. The second-order valence-electron chi connectivity index (χ2n) is 5.38. The molecule has 110 valence electrons. The third-order valence-electron chi connectivity index (χ3n) is 3.67. The Morgan fingerprint density at radius 2 is 2.18 bits per heavy atom. The van der Waals surface area contributed by atoms with Crippen LogP contribution in [0.1, 0.15) is 22.5 Å². The highest BCUT2D eigenvalue weighted by Crippen LogP contribution is 2.34. The van der Waals surface area contributed by atoms with Crippen LogP contribution in [-0.4, -0.2) is 21.9 Å². The van der Waals surface area contributed by atoms with Gasteiger partial charge in [-0.2, -0.15) is 0 Å². The van der Waals surface area contributed by atoms with Gasteiger partial charge in [-0.25, -0.2) is 4.98 Å². The molecule has 0 radical (unpaired) electrons. The number of nitrogen functional groups attached to an aromatic ring is 1. The molecule has 6 heteroatoms. The minimum atomic E-state index is -0.0917. The van der Waals surface area contributed by atoms with Gasteiger partial charge in [-0.3, -0.25) is 9.78 Å². The summed E-state index contributed by atoms with van der Waals surface area (Å²) in [6.45, 7) is 0. The van der Waals surface area contributed by atoms with E-state index >= 15 is 0 Å². The number of anilines is 1. The van der Waals surface area contributed by atoms with E-state index in [1.165, 1.54) is 11.3 Å². The number of hydrogen-bond donors (Lipinski definition) is 2. The summed E-state index contributed by atoms with van der Waals surface area (Å²) in [7, 11) is 0. The molecule has 3 aromatic heterocycles. The van der Waals surface area contributed by atoms with E-state index in [1.807, 2.05) is 24.3 Å². The number of nitrogens with one attached hydrogen (secondary N) is 1. The lowest BCUT2D eigenvalue weighted by atomic mass is 10.1. The summed E-state index contributed by atoms with van der Waals surface area (Å²) in [5, 5.41) is 3.80. The highest BCUT2D eigenvalue weighted by atomic mass is 32.1. The fourth-order valence-electron chi connectivity index (χ4n) is 2.32. The SMILES string of the molecule is Nc1c(C(=O)NC2CC2)sc2nc(-c3cccnc3)ccc12. The Morgan fingerprint density at radius 1 is 1.32 bits per heavy atom. The highest BCUT2D eigenvalue weighted by molar-refractivity contribution is 7.21. The van der Waals surface area contributed by atoms with Crippen LogP contribution < -0.4 is 11.1 Å². The van der Waals surface area contributed by atoms with Gasteiger partial charge in [0.1, 0.15) is 9.71 Å². The van der Waals surface area contributed by atoms with E-state index in [0.717, 1.165) is 34.3 Å². The molecule has 3 heterocycles. The molecule has 0 bridgehead atoms. The predicted octanol–water partition coefficient (Wildman–Crippen LogP) is 2.83. The third kappa shape index (κ3) is 2.31. The number of thiophene rings is 1. The molecule has 0 aromatic carbocycles. The molecule has 1 saturated carbocycles. The van der Waals surface area contributed by atoms with Crippen molar-refractivity contribution in [2.24, 2.45) is 0 Å². The van der Waals surface area contributed by atoms with Crippen molar-refractivity contribution < 1.29 is 4.79 Å². The summed E-state index contributed by atoms with van der Waals surface area (Å²) < 4.78 is 0. The highest BCUT2D eigenvalue weighted by Gasteiger charge is 2.26. The van der Waals surface area contributed by atoms with Gasteiger partial charge in [0.05, 0.1) is 11.4 Å². The van der Waals surface area contributed by atoms with Gasteiger partial charge in [-0.1, -0.05) is 0 Å². The van der Waals surface area contributed by atoms with Crippen LogP contribution in [0.5, 0.6) is 0 Å². The number of nitrogens with zero attached hydrogens (tertiary/aromatic N) is 2. The van der Waals surface area contributed by atoms with E-state index < -0.39 is 0 Å². The first-order valence-electron chi connectivity index (χ1n) is 7.12. The first-order chi connectivity index (χ1) is 10.7. The molecule has 0 saturated heterocycles. The summed E-state index contributed by atoms with van der Waals surface area (Å²) in [5.74, 6) is -0.0917. The zero-order valence-electron chi connectivity index (χ0n) is 11.7. The maximum Gasteiger partial charge on any atom is 0.263 e. The van der Waals surface area contributed by atoms with Crippen LogP contribution in [-0.2, 0) is 0 Å². The summed E-state index contributed by atoms with van der Waals surface area (Å²) in [4.78, 5) is 22.3. The molecule has 0 atom stereocenters. The van der Waals surface area contributed by atoms with Crippen LogP contribution in [0.3, 0.4) is 0 Å². The number of hydrogen-bond acceptors (Lipinski definition) is 5. The number of nitrogens with two attached hydrogens (primary N) is 1. The normalized spacial score (nSPS) is 14.2. The van der Waals surface area contributed by atoms with Crippen molar-refractivity contribution in [1.82, 2.24) is 15.3 Å². The number of fused-ring (bicyclic) bond motifs is 1. The Morgan fingerprint density at radius 3 is 2.91 bits per heavy atom. The largest absolute Gasteiger partial charge is 0.397 e. The van der Waals surface area contributed by atoms with Crippen molar-refractivity contribution in [3.63, 3.8) is 0 Å². The van der Waals surface area contributed by atoms with Crippen molar-refractivity contribution in [2.45, 2.75) is 18.9 Å². The molecular weight excluding hydrogens is 296 g/mol. The van der Waals surface area contributed by atoms with E-state index in [1.54, 1.807) is 12.4 Å². The molecule has 1 fully saturated rings. The number of rotatable bonds is 3. The van der Waals surface area contributed by atoms with Crippen molar-refractivity contribution in [3.05, 3.63) is 41.5 Å². The summed E-state index contributed by atoms with van der Waals surface area (Å²) >= 11 is 1.34. The number of carbonyl (C=O) groups is 1. The summed E-state index contributed by atoms with van der Waals surface area (Å²) in [5.41, 5.74) is 8.41. The van der Waals surface area contributed by atoms with E-state index in [9.17, 15) is 4.79 Å². The van der Waals surface area contributed by atoms with Gasteiger partial charge in [-0.15, -0.1) is 11.3 Å². The van der Waals surface area contributed by atoms with Crippen LogP contribution in [0.4, 0.5) is 5.69 Å². The fraction of sp³-hybridized carbons (Fsp3) is 0.188. The number of amides is 1. The van der Waals surface area contributed by atoms with Gasteiger partial charge >= 0.3 is 0 Å². The molecule has 1 amide bonds. The lowest BCUT2D eigenvalue weighted by molar-refractivity contribution is 0.0956. The molecule has 3 aromatic rings. The molecule has 0 spiro atoms. The Balaban J connectivity index is 1.75. The van der Waals surface area contributed by atoms with Gasteiger partial charge in [0, 0.05) is 29.4 Å². The summed E-state index contributed by atoms with van der Waals surface area (Å²) in [6.07, 6.45) is 5.61. The molecule has 4 rings (SSSR count). The Bertz CT molecular complexity index is 855. The van der Waals surface area contributed by atoms with Gasteiger partial charge in [0.15, 0.2) is 0 Å². The Hall–Kier alpha value is -2.47. The number of aromatic nitrogens is 2. The van der Waals surface area contributed by atoms with Crippen molar-refractivity contribution >= 4 is 33.1 Å². The summed E-state index contributed by atoms with van der Waals surface area (Å²) in [6, 6.07) is 7.98. The lowest BCUT2D eigenvalue weighted by Gasteiger charge is -2.01. The lowest BCUT2D eigenvalue weighted by Crippen LogP contribution is -2.25. The quantitative estimate of drug-likeness (QED) is 0.779. The van der Waals surface area contributed by atoms with Crippen LogP contribution in [0, 0.1) is 0 Å². The van der Waals surface area contributed by atoms with Gasteiger partial charge in [0.25, 0.3) is 5.91 Å². The number of pyridine rings is 2. The first-order valence-corrected chi connectivity index (χ1v) is 7.94. The Kier molecular flexibility index (Phi) is 3.04. The van der Waals surface area contributed by atoms with Crippen LogP contribution in [0.15, 0.2) is 36.7 Å². The smallest absolute Gasteiger partial charge is 0.263 e. The zero-order valence-corrected chi connectivity index (χ0v) is 12.6. The van der Waals surface area contributed by atoms with Crippen LogP contribution in [0.25, 0.3) is 21.5 Å². The number of carbonyl (C=O) groups excluding carboxylic acids is 1. The molecule has 1 aliphatic rings. The van der Waals surface area contributed by atoms with Crippen LogP contribution in [0.2, 0.25) is 0 Å². The van der Waals surface area contributed by atoms with Crippen LogP contribution >= 0.6 is 11.3 Å². The molecule has 3 N–H and O–H groups in total. The molecule has 1 aliphatic carbocycles. The van der Waals surface area contributed by atoms with Gasteiger partial charge in [0.2, 0.25) is 0 Å². The minimum absolute atomic E-state index is 0.0917. The van der Waals surface area contributed by atoms with Crippen molar-refractivity contribution in [1.29, 1.82) is 0 Å².